The third-order valence-corrected chi connectivity index (χ3v) is 2.53. The standard InChI is InChI=1S/C12H17N3O4/c1-13-5-6-15(2)12(19)14-9-4-3-8(11(17)18)7-10(9)16/h3-4,7,13,16H,5-6H2,1-2H3,(H,14,19)(H,17,18). The van der Waals surface area contributed by atoms with Crippen LogP contribution in [0.2, 0.25) is 0 Å². The Balaban J connectivity index is 2.72. The lowest BCUT2D eigenvalue weighted by Gasteiger charge is -2.18. The summed E-state index contributed by atoms with van der Waals surface area (Å²) in [6, 6.07) is 3.37. The number of carboxylic acids is 1. The minimum atomic E-state index is -1.14. The number of aromatic hydroxyl groups is 1. The number of nitrogens with one attached hydrogen (secondary N) is 2. The van der Waals surface area contributed by atoms with Crippen molar-refractivity contribution in [1.29, 1.82) is 0 Å². The number of carbonyl (C=O) groups excluding carboxylic acids is 1. The van der Waals surface area contributed by atoms with Crippen molar-refractivity contribution in [3.63, 3.8) is 0 Å². The SMILES string of the molecule is CNCCN(C)C(=O)Nc1ccc(C(=O)O)cc1O. The highest BCUT2D eigenvalue weighted by atomic mass is 16.4. The number of rotatable bonds is 5. The molecule has 0 bridgehead atoms. The van der Waals surface area contributed by atoms with Crippen LogP contribution in [0.4, 0.5) is 10.5 Å². The first kappa shape index (κ1) is 14.8. The second-order valence-electron chi connectivity index (χ2n) is 3.99. The van der Waals surface area contributed by atoms with E-state index in [1.807, 2.05) is 0 Å². The normalized spacial score (nSPS) is 10.0. The van der Waals surface area contributed by atoms with Gasteiger partial charge >= 0.3 is 12.0 Å². The van der Waals surface area contributed by atoms with E-state index in [1.54, 1.807) is 14.1 Å². The largest absolute Gasteiger partial charge is 0.506 e. The number of hydrogen-bond donors (Lipinski definition) is 4. The molecule has 0 aliphatic rings. The summed E-state index contributed by atoms with van der Waals surface area (Å²) in [5.41, 5.74) is 0.130. The van der Waals surface area contributed by atoms with Gasteiger partial charge in [-0.2, -0.15) is 0 Å². The zero-order chi connectivity index (χ0) is 14.4. The van der Waals surface area contributed by atoms with Gasteiger partial charge in [0, 0.05) is 20.1 Å². The van der Waals surface area contributed by atoms with E-state index in [2.05, 4.69) is 10.6 Å². The van der Waals surface area contributed by atoms with Crippen LogP contribution in [0.1, 0.15) is 10.4 Å². The first-order valence-electron chi connectivity index (χ1n) is 5.68. The van der Waals surface area contributed by atoms with Gasteiger partial charge in [-0.3, -0.25) is 0 Å². The molecule has 7 heteroatoms. The molecule has 0 spiro atoms. The van der Waals surface area contributed by atoms with Crippen molar-refractivity contribution in [1.82, 2.24) is 10.2 Å². The van der Waals surface area contributed by atoms with Crippen molar-refractivity contribution in [3.8, 4) is 5.75 Å². The highest BCUT2D eigenvalue weighted by molar-refractivity contribution is 5.93. The number of phenolic OH excluding ortho intramolecular Hbond substituents is 1. The number of benzene rings is 1. The van der Waals surface area contributed by atoms with Crippen LogP contribution in [-0.4, -0.2) is 54.3 Å². The number of anilines is 1. The highest BCUT2D eigenvalue weighted by Crippen LogP contribution is 2.24. The monoisotopic (exact) mass is 267 g/mol. The summed E-state index contributed by atoms with van der Waals surface area (Å²) in [5.74, 6) is -1.42. The van der Waals surface area contributed by atoms with Crippen LogP contribution in [0.5, 0.6) is 5.75 Å². The van der Waals surface area contributed by atoms with Crippen LogP contribution < -0.4 is 10.6 Å². The quantitative estimate of drug-likeness (QED) is 0.590. The fraction of sp³-hybridized carbons (Fsp3) is 0.333. The van der Waals surface area contributed by atoms with Gasteiger partial charge in [0.1, 0.15) is 5.75 Å². The van der Waals surface area contributed by atoms with Gasteiger partial charge in [0.2, 0.25) is 0 Å². The van der Waals surface area contributed by atoms with Gasteiger partial charge in [-0.15, -0.1) is 0 Å². The second kappa shape index (κ2) is 6.60. The molecule has 0 heterocycles. The van der Waals surface area contributed by atoms with Gasteiger partial charge in [0.15, 0.2) is 0 Å². The lowest BCUT2D eigenvalue weighted by atomic mass is 10.2. The van der Waals surface area contributed by atoms with Gasteiger partial charge in [-0.25, -0.2) is 9.59 Å². The molecular formula is C12H17N3O4. The van der Waals surface area contributed by atoms with Crippen molar-refractivity contribution < 1.29 is 19.8 Å². The predicted molar refractivity (Wildman–Crippen MR) is 70.6 cm³/mol. The maximum Gasteiger partial charge on any atom is 0.335 e. The minimum absolute atomic E-state index is 0.0426. The maximum atomic E-state index is 11.7. The zero-order valence-corrected chi connectivity index (χ0v) is 10.8. The summed E-state index contributed by atoms with van der Waals surface area (Å²) < 4.78 is 0. The summed E-state index contributed by atoms with van der Waals surface area (Å²) in [4.78, 5) is 23.9. The van der Waals surface area contributed by atoms with Gasteiger partial charge in [-0.1, -0.05) is 0 Å². The molecule has 1 aromatic carbocycles. The van der Waals surface area contributed by atoms with Gasteiger partial charge in [0.05, 0.1) is 11.3 Å². The van der Waals surface area contributed by atoms with E-state index in [4.69, 9.17) is 5.11 Å². The molecular weight excluding hydrogens is 250 g/mol. The Morgan fingerprint density at radius 2 is 2.05 bits per heavy atom. The third-order valence-electron chi connectivity index (χ3n) is 2.53. The van der Waals surface area contributed by atoms with Crippen molar-refractivity contribution in [2.45, 2.75) is 0 Å². The zero-order valence-electron chi connectivity index (χ0n) is 10.8. The van der Waals surface area contributed by atoms with Crippen LogP contribution in [0, 0.1) is 0 Å². The molecule has 0 aliphatic heterocycles. The molecule has 19 heavy (non-hydrogen) atoms. The molecule has 0 aliphatic carbocycles. The van der Waals surface area contributed by atoms with Crippen LogP contribution in [0.15, 0.2) is 18.2 Å². The molecule has 0 aromatic heterocycles. The number of amides is 2. The lowest BCUT2D eigenvalue weighted by Crippen LogP contribution is -2.35. The highest BCUT2D eigenvalue weighted by Gasteiger charge is 2.12. The first-order valence-corrected chi connectivity index (χ1v) is 5.68. The van der Waals surface area contributed by atoms with Crippen molar-refractivity contribution in [2.75, 3.05) is 32.5 Å². The Morgan fingerprint density at radius 1 is 1.37 bits per heavy atom. The molecule has 0 saturated heterocycles. The van der Waals surface area contributed by atoms with Crippen LogP contribution in [0.25, 0.3) is 0 Å². The Kier molecular flexibility index (Phi) is 5.13. The lowest BCUT2D eigenvalue weighted by molar-refractivity contribution is 0.0696. The molecule has 1 aromatic rings. The molecule has 0 fully saturated rings. The Bertz CT molecular complexity index is 476. The topological polar surface area (TPSA) is 102 Å². The second-order valence-corrected chi connectivity index (χ2v) is 3.99. The number of likely N-dealkylation sites (N-methyl/N-ethyl adjacent to an activating group) is 2. The number of urea groups is 1. The number of aromatic carboxylic acids is 1. The van der Waals surface area contributed by atoms with Crippen molar-refractivity contribution in [2.24, 2.45) is 0 Å². The number of phenols is 1. The van der Waals surface area contributed by atoms with Gasteiger partial charge in [0.25, 0.3) is 0 Å². The molecule has 4 N–H and O–H groups in total. The van der Waals surface area contributed by atoms with Crippen LogP contribution in [0.3, 0.4) is 0 Å². The number of hydrogen-bond acceptors (Lipinski definition) is 4. The molecule has 0 radical (unpaired) electrons. The van der Waals surface area contributed by atoms with Crippen LogP contribution in [-0.2, 0) is 0 Å². The summed E-state index contributed by atoms with van der Waals surface area (Å²) in [5, 5.41) is 23.8. The van der Waals surface area contributed by atoms with E-state index in [-0.39, 0.29) is 23.0 Å². The third kappa shape index (κ3) is 4.14. The predicted octanol–water partition coefficient (Wildman–Crippen LogP) is 0.773. The van der Waals surface area contributed by atoms with E-state index in [9.17, 15) is 14.7 Å². The molecule has 7 nitrogen and oxygen atoms in total. The molecule has 1 rings (SSSR count). The van der Waals surface area contributed by atoms with Crippen molar-refractivity contribution in [3.05, 3.63) is 23.8 Å². The van der Waals surface area contributed by atoms with E-state index in [0.29, 0.717) is 13.1 Å². The summed E-state index contributed by atoms with van der Waals surface area (Å²) in [6.45, 7) is 1.16. The molecule has 0 saturated carbocycles. The van der Waals surface area contributed by atoms with Gasteiger partial charge in [-0.05, 0) is 25.2 Å². The maximum absolute atomic E-state index is 11.7. The van der Waals surface area contributed by atoms with Gasteiger partial charge < -0.3 is 25.7 Å². The van der Waals surface area contributed by atoms with E-state index in [0.717, 1.165) is 6.07 Å². The Hall–Kier alpha value is -2.28. The summed E-state index contributed by atoms with van der Waals surface area (Å²) >= 11 is 0. The fourth-order valence-corrected chi connectivity index (χ4v) is 1.36. The van der Waals surface area contributed by atoms with E-state index >= 15 is 0 Å². The Labute approximate surface area is 110 Å². The smallest absolute Gasteiger partial charge is 0.335 e. The van der Waals surface area contributed by atoms with E-state index < -0.39 is 5.97 Å². The molecule has 0 unspecified atom stereocenters. The fourth-order valence-electron chi connectivity index (χ4n) is 1.36. The molecule has 104 valence electrons. The number of nitrogens with zero attached hydrogens (tertiary/aromatic N) is 1. The number of carbonyl (C=O) groups is 2. The van der Waals surface area contributed by atoms with Crippen molar-refractivity contribution >= 4 is 17.7 Å². The minimum Gasteiger partial charge on any atom is -0.506 e. The van der Waals surface area contributed by atoms with E-state index in [1.165, 1.54) is 17.0 Å². The average Bonchev–Trinajstić information content (AvgIpc) is 2.37. The summed E-state index contributed by atoms with van der Waals surface area (Å²) in [6.07, 6.45) is 0. The summed E-state index contributed by atoms with van der Waals surface area (Å²) in [7, 11) is 3.40. The average molecular weight is 267 g/mol. The Morgan fingerprint density at radius 3 is 2.58 bits per heavy atom. The molecule has 0 atom stereocenters. The first-order chi connectivity index (χ1) is 8.95. The van der Waals surface area contributed by atoms with Crippen LogP contribution >= 0.6 is 0 Å². The molecule has 2 amide bonds. The number of carboxylic acid groups (broad SMARTS) is 1.